The molecule has 0 bridgehead atoms. The van der Waals surface area contributed by atoms with Gasteiger partial charge in [0, 0.05) is 6.61 Å². The summed E-state index contributed by atoms with van der Waals surface area (Å²) in [4.78, 5) is 4.50. The van der Waals surface area contributed by atoms with Gasteiger partial charge in [-0.3, -0.25) is 0 Å². The highest BCUT2D eigenvalue weighted by molar-refractivity contribution is 5.08. The summed E-state index contributed by atoms with van der Waals surface area (Å²) in [6.45, 7) is 6.64. The van der Waals surface area contributed by atoms with Crippen LogP contribution in [-0.2, 0) is 15.9 Å². The first-order chi connectivity index (χ1) is 8.54. The largest absolute Gasteiger partial charge is 0.367 e. The maximum atomic E-state index is 6.32. The van der Waals surface area contributed by atoms with E-state index < -0.39 is 11.1 Å². The molecule has 2 rings (SSSR count). The van der Waals surface area contributed by atoms with Crippen molar-refractivity contribution in [3.05, 3.63) is 11.7 Å². The van der Waals surface area contributed by atoms with E-state index in [9.17, 15) is 0 Å². The summed E-state index contributed by atoms with van der Waals surface area (Å²) in [6.07, 6.45) is 4.91. The maximum absolute atomic E-state index is 6.32. The van der Waals surface area contributed by atoms with Crippen LogP contribution in [0.1, 0.15) is 64.6 Å². The Hall–Kier alpha value is -0.940. The quantitative estimate of drug-likeness (QED) is 0.872. The summed E-state index contributed by atoms with van der Waals surface area (Å²) in [5, 5.41) is 4.08. The molecule has 5 nitrogen and oxygen atoms in total. The van der Waals surface area contributed by atoms with E-state index in [1.807, 2.05) is 13.8 Å². The van der Waals surface area contributed by atoms with Gasteiger partial charge < -0.3 is 15.0 Å². The molecule has 18 heavy (non-hydrogen) atoms. The number of hydrogen-bond acceptors (Lipinski definition) is 5. The van der Waals surface area contributed by atoms with E-state index in [1.54, 1.807) is 0 Å². The average Bonchev–Trinajstić information content (AvgIpc) is 2.98. The predicted octanol–water partition coefficient (Wildman–Crippen LogP) is 2.46. The van der Waals surface area contributed by atoms with E-state index in [1.165, 1.54) is 0 Å². The molecule has 1 aromatic heterocycles. The van der Waals surface area contributed by atoms with Gasteiger partial charge in [0.25, 0.3) is 0 Å². The van der Waals surface area contributed by atoms with Crippen molar-refractivity contribution < 1.29 is 9.26 Å². The molecule has 0 amide bonds. The van der Waals surface area contributed by atoms with Gasteiger partial charge in [-0.1, -0.05) is 24.9 Å². The molecule has 5 heteroatoms. The van der Waals surface area contributed by atoms with E-state index >= 15 is 0 Å². The zero-order chi connectivity index (χ0) is 13.2. The van der Waals surface area contributed by atoms with Gasteiger partial charge in [-0.15, -0.1) is 0 Å². The Labute approximate surface area is 108 Å². The lowest BCUT2D eigenvalue weighted by molar-refractivity contribution is -0.0403. The van der Waals surface area contributed by atoms with Crippen LogP contribution in [0.15, 0.2) is 4.52 Å². The van der Waals surface area contributed by atoms with Crippen molar-refractivity contribution >= 4 is 0 Å². The van der Waals surface area contributed by atoms with Crippen LogP contribution in [0.5, 0.6) is 0 Å². The number of hydrogen-bond donors (Lipinski definition) is 1. The number of aromatic nitrogens is 2. The molecule has 1 aromatic rings. The van der Waals surface area contributed by atoms with Crippen LogP contribution in [0.2, 0.25) is 0 Å². The van der Waals surface area contributed by atoms with Gasteiger partial charge in [-0.25, -0.2) is 0 Å². The lowest BCUT2D eigenvalue weighted by Crippen LogP contribution is -2.34. The maximum Gasteiger partial charge on any atom is 0.246 e. The first-order valence-corrected chi connectivity index (χ1v) is 6.81. The van der Waals surface area contributed by atoms with E-state index in [0.29, 0.717) is 18.3 Å². The predicted molar refractivity (Wildman–Crippen MR) is 67.9 cm³/mol. The number of rotatable bonds is 5. The highest BCUT2D eigenvalue weighted by Crippen LogP contribution is 2.36. The Kier molecular flexibility index (Phi) is 3.73. The smallest absolute Gasteiger partial charge is 0.246 e. The summed E-state index contributed by atoms with van der Waals surface area (Å²) in [6, 6.07) is 0. The minimum Gasteiger partial charge on any atom is -0.367 e. The zero-order valence-electron chi connectivity index (χ0n) is 11.5. The fraction of sp³-hybridized carbons (Fsp3) is 0.846. The Morgan fingerprint density at radius 2 is 2.06 bits per heavy atom. The summed E-state index contributed by atoms with van der Waals surface area (Å²) in [5.74, 6) is 1.17. The monoisotopic (exact) mass is 253 g/mol. The fourth-order valence-corrected chi connectivity index (χ4v) is 2.50. The molecule has 0 radical (unpaired) electrons. The molecule has 102 valence electrons. The summed E-state index contributed by atoms with van der Waals surface area (Å²) in [7, 11) is 0. The van der Waals surface area contributed by atoms with Crippen LogP contribution in [0.25, 0.3) is 0 Å². The van der Waals surface area contributed by atoms with Crippen LogP contribution in [0.4, 0.5) is 0 Å². The molecular weight excluding hydrogens is 230 g/mol. The first kappa shape index (κ1) is 13.5. The summed E-state index contributed by atoms with van der Waals surface area (Å²) < 4.78 is 11.1. The van der Waals surface area contributed by atoms with E-state index in [4.69, 9.17) is 15.0 Å². The van der Waals surface area contributed by atoms with Crippen molar-refractivity contribution in [2.45, 2.75) is 64.0 Å². The summed E-state index contributed by atoms with van der Waals surface area (Å²) in [5.41, 5.74) is 5.41. The highest BCUT2D eigenvalue weighted by Gasteiger charge is 2.39. The Morgan fingerprint density at radius 3 is 2.61 bits per heavy atom. The van der Waals surface area contributed by atoms with Crippen molar-refractivity contribution in [1.82, 2.24) is 10.1 Å². The average molecular weight is 253 g/mol. The van der Waals surface area contributed by atoms with Gasteiger partial charge in [0.05, 0.1) is 5.54 Å². The van der Waals surface area contributed by atoms with Crippen LogP contribution >= 0.6 is 0 Å². The molecule has 0 aliphatic heterocycles. The second-order valence-electron chi connectivity index (χ2n) is 5.30. The molecular formula is C13H23N3O2. The van der Waals surface area contributed by atoms with Crippen molar-refractivity contribution in [3.63, 3.8) is 0 Å². The van der Waals surface area contributed by atoms with Crippen LogP contribution in [0.3, 0.4) is 0 Å². The van der Waals surface area contributed by atoms with Gasteiger partial charge in [-0.2, -0.15) is 4.98 Å². The first-order valence-electron chi connectivity index (χ1n) is 6.81. The van der Waals surface area contributed by atoms with Gasteiger partial charge in [0.1, 0.15) is 5.60 Å². The Bertz CT molecular complexity index is 399. The topological polar surface area (TPSA) is 74.2 Å². The van der Waals surface area contributed by atoms with E-state index in [-0.39, 0.29) is 0 Å². The van der Waals surface area contributed by atoms with Crippen LogP contribution in [-0.4, -0.2) is 16.7 Å². The van der Waals surface area contributed by atoms with Gasteiger partial charge in [0.15, 0.2) is 0 Å². The van der Waals surface area contributed by atoms with Crippen LogP contribution < -0.4 is 5.73 Å². The van der Waals surface area contributed by atoms with Crippen molar-refractivity contribution in [3.8, 4) is 0 Å². The second kappa shape index (κ2) is 4.97. The third kappa shape index (κ3) is 2.29. The third-order valence-electron chi connectivity index (χ3n) is 3.96. The van der Waals surface area contributed by atoms with Gasteiger partial charge >= 0.3 is 0 Å². The second-order valence-corrected chi connectivity index (χ2v) is 5.30. The minimum absolute atomic E-state index is 0.424. The van der Waals surface area contributed by atoms with Gasteiger partial charge in [-0.05, 0) is 33.1 Å². The molecule has 1 aliphatic carbocycles. The molecule has 1 fully saturated rings. The van der Waals surface area contributed by atoms with Crippen LogP contribution in [0, 0.1) is 0 Å². The molecule has 1 aliphatic rings. The SMILES string of the molecule is CCOC(C)(CC)c1noc(C2(N)CCCC2)n1. The number of nitrogens with two attached hydrogens (primary N) is 1. The molecule has 1 saturated carbocycles. The van der Waals surface area contributed by atoms with E-state index in [0.717, 1.165) is 32.1 Å². The third-order valence-corrected chi connectivity index (χ3v) is 3.96. The molecule has 2 N–H and O–H groups in total. The molecule has 1 heterocycles. The number of nitrogens with zero attached hydrogens (tertiary/aromatic N) is 2. The van der Waals surface area contributed by atoms with E-state index in [2.05, 4.69) is 17.1 Å². The van der Waals surface area contributed by atoms with Gasteiger partial charge in [0.2, 0.25) is 11.7 Å². The molecule has 0 spiro atoms. The normalized spacial score (nSPS) is 22.0. The number of ether oxygens (including phenoxy) is 1. The molecule has 0 saturated heterocycles. The fourth-order valence-electron chi connectivity index (χ4n) is 2.50. The lowest BCUT2D eigenvalue weighted by atomic mass is 9.99. The Morgan fingerprint density at radius 1 is 1.39 bits per heavy atom. The Balaban J connectivity index is 2.24. The van der Waals surface area contributed by atoms with Crippen molar-refractivity contribution in [2.75, 3.05) is 6.61 Å². The minimum atomic E-state index is -0.481. The lowest BCUT2D eigenvalue weighted by Gasteiger charge is -2.24. The van der Waals surface area contributed by atoms with Crippen molar-refractivity contribution in [2.24, 2.45) is 5.73 Å². The zero-order valence-corrected chi connectivity index (χ0v) is 11.5. The molecule has 1 unspecified atom stereocenters. The molecule has 1 atom stereocenters. The van der Waals surface area contributed by atoms with Crippen molar-refractivity contribution in [1.29, 1.82) is 0 Å². The molecule has 0 aromatic carbocycles. The summed E-state index contributed by atoms with van der Waals surface area (Å²) >= 11 is 0. The highest BCUT2D eigenvalue weighted by atomic mass is 16.5. The standard InChI is InChI=1S/C13H23N3O2/c1-4-12(3,17-5-2)10-15-11(18-16-10)13(14)8-6-7-9-13/h4-9,14H2,1-3H3.